The summed E-state index contributed by atoms with van der Waals surface area (Å²) in [6.45, 7) is 2.25. The van der Waals surface area contributed by atoms with Gasteiger partial charge >= 0.3 is 0 Å². The molecule has 0 fully saturated rings. The van der Waals surface area contributed by atoms with Crippen LogP contribution >= 0.6 is 11.3 Å². The molecule has 0 bridgehead atoms. The van der Waals surface area contributed by atoms with Gasteiger partial charge in [0.25, 0.3) is 0 Å². The number of pyridine rings is 1. The molecule has 3 heterocycles. The second-order valence-corrected chi connectivity index (χ2v) is 8.58. The average Bonchev–Trinajstić information content (AvgIpc) is 3.42. The first-order valence-corrected chi connectivity index (χ1v) is 11.7. The number of nitrogens with zero attached hydrogens (tertiary/aromatic N) is 3. The van der Waals surface area contributed by atoms with Crippen molar-refractivity contribution in [2.45, 2.75) is 51.9 Å². The lowest BCUT2D eigenvalue weighted by Crippen LogP contribution is -1.89. The van der Waals surface area contributed by atoms with E-state index in [9.17, 15) is 0 Å². The Kier molecular flexibility index (Phi) is 6.96. The van der Waals surface area contributed by atoms with E-state index >= 15 is 0 Å². The van der Waals surface area contributed by atoms with E-state index < -0.39 is 0 Å². The lowest BCUT2D eigenvalue weighted by atomic mass is 10.1. The third-order valence-corrected chi connectivity index (χ3v) is 6.02. The highest BCUT2D eigenvalue weighted by molar-refractivity contribution is 7.14. The Morgan fingerprint density at radius 1 is 1.06 bits per heavy atom. The largest absolute Gasteiger partial charge is 0.461 e. The minimum Gasteiger partial charge on any atom is -0.461 e. The summed E-state index contributed by atoms with van der Waals surface area (Å²) < 4.78 is 6.01. The fraction of sp³-hybridized carbons (Fsp3) is 0.320. The van der Waals surface area contributed by atoms with E-state index in [1.165, 1.54) is 49.9 Å². The van der Waals surface area contributed by atoms with Gasteiger partial charge in [-0.15, -0.1) is 11.3 Å². The number of aromatic nitrogens is 2. The van der Waals surface area contributed by atoms with Gasteiger partial charge in [-0.25, -0.2) is 4.98 Å². The van der Waals surface area contributed by atoms with E-state index in [2.05, 4.69) is 40.4 Å². The number of nitriles is 1. The number of unbranched alkanes of at least 4 members (excludes halogenated alkanes) is 5. The Morgan fingerprint density at radius 3 is 2.81 bits per heavy atom. The van der Waals surface area contributed by atoms with Crippen LogP contribution in [0.1, 0.15) is 56.8 Å². The fourth-order valence-corrected chi connectivity index (χ4v) is 4.35. The van der Waals surface area contributed by atoms with Crippen LogP contribution in [0.3, 0.4) is 0 Å². The number of thiazole rings is 1. The SMILES string of the molecule is CCCCCCCCc1cc2cc(Nc3nc(-c4cncc(C#N)c4)cs3)ccc2o1. The summed E-state index contributed by atoms with van der Waals surface area (Å²) in [6, 6.07) is 12.2. The molecule has 0 aliphatic rings. The standard InChI is InChI=1S/C25H26N4OS/c1-2-3-4-5-6-7-8-22-13-19-12-21(9-10-24(19)30-22)28-25-29-23(17-31-25)20-11-18(14-26)15-27-16-20/h9-13,15-17H,2-8H2,1H3,(H,28,29). The van der Waals surface area contributed by atoms with Crippen molar-refractivity contribution in [2.75, 3.05) is 5.32 Å². The van der Waals surface area contributed by atoms with Crippen LogP contribution in [0, 0.1) is 11.3 Å². The Hall–Kier alpha value is -3.17. The maximum Gasteiger partial charge on any atom is 0.187 e. The highest BCUT2D eigenvalue weighted by atomic mass is 32.1. The summed E-state index contributed by atoms with van der Waals surface area (Å²) in [5.41, 5.74) is 4.08. The number of hydrogen-bond donors (Lipinski definition) is 1. The predicted octanol–water partition coefficient (Wildman–Crippen LogP) is 7.47. The third kappa shape index (κ3) is 5.50. The summed E-state index contributed by atoms with van der Waals surface area (Å²) in [4.78, 5) is 8.75. The predicted molar refractivity (Wildman–Crippen MR) is 127 cm³/mol. The molecule has 0 saturated carbocycles. The van der Waals surface area contributed by atoms with Gasteiger partial charge in [-0.2, -0.15) is 5.26 Å². The molecule has 0 unspecified atom stereocenters. The molecule has 158 valence electrons. The summed E-state index contributed by atoms with van der Waals surface area (Å²) >= 11 is 1.53. The first-order valence-electron chi connectivity index (χ1n) is 10.9. The van der Waals surface area contributed by atoms with E-state index in [1.54, 1.807) is 18.5 Å². The minimum atomic E-state index is 0.530. The minimum absolute atomic E-state index is 0.530. The zero-order valence-corrected chi connectivity index (χ0v) is 18.5. The normalized spacial score (nSPS) is 11.0. The molecular weight excluding hydrogens is 404 g/mol. The van der Waals surface area contributed by atoms with E-state index in [0.29, 0.717) is 5.56 Å². The average molecular weight is 431 g/mol. The van der Waals surface area contributed by atoms with Gasteiger partial charge in [0.1, 0.15) is 17.4 Å². The van der Waals surface area contributed by atoms with E-state index in [0.717, 1.165) is 45.2 Å². The Bertz CT molecular complexity index is 1190. The highest BCUT2D eigenvalue weighted by Gasteiger charge is 2.09. The van der Waals surface area contributed by atoms with Gasteiger partial charge in [-0.1, -0.05) is 39.0 Å². The molecule has 1 aromatic carbocycles. The quantitative estimate of drug-likeness (QED) is 0.264. The molecule has 0 aliphatic heterocycles. The lowest BCUT2D eigenvalue weighted by Gasteiger charge is -2.02. The first-order chi connectivity index (χ1) is 15.2. The smallest absolute Gasteiger partial charge is 0.187 e. The van der Waals surface area contributed by atoms with Gasteiger partial charge in [-0.3, -0.25) is 4.98 Å². The Balaban J connectivity index is 1.39. The highest BCUT2D eigenvalue weighted by Crippen LogP contribution is 2.29. The van der Waals surface area contributed by atoms with E-state index in [1.807, 2.05) is 17.5 Å². The van der Waals surface area contributed by atoms with Crippen molar-refractivity contribution < 1.29 is 4.42 Å². The van der Waals surface area contributed by atoms with Crippen molar-refractivity contribution in [2.24, 2.45) is 0 Å². The lowest BCUT2D eigenvalue weighted by molar-refractivity contribution is 0.521. The van der Waals surface area contributed by atoms with Gasteiger partial charge in [-0.05, 0) is 36.8 Å². The van der Waals surface area contributed by atoms with Crippen LogP contribution in [-0.2, 0) is 6.42 Å². The van der Waals surface area contributed by atoms with Crippen LogP contribution < -0.4 is 5.32 Å². The summed E-state index contributed by atoms with van der Waals surface area (Å²) in [7, 11) is 0. The summed E-state index contributed by atoms with van der Waals surface area (Å²) in [5.74, 6) is 1.06. The van der Waals surface area contributed by atoms with Crippen LogP contribution in [0.2, 0.25) is 0 Å². The van der Waals surface area contributed by atoms with Gasteiger partial charge in [0.2, 0.25) is 0 Å². The number of fused-ring (bicyclic) bond motifs is 1. The second-order valence-electron chi connectivity index (χ2n) is 7.72. The van der Waals surface area contributed by atoms with Gasteiger partial charge in [0.05, 0.1) is 11.3 Å². The Morgan fingerprint density at radius 2 is 1.94 bits per heavy atom. The van der Waals surface area contributed by atoms with E-state index in [4.69, 9.17) is 9.68 Å². The molecule has 4 rings (SSSR count). The molecule has 0 spiro atoms. The van der Waals surface area contributed by atoms with Crippen LogP contribution in [0.4, 0.5) is 10.8 Å². The van der Waals surface area contributed by atoms with Crippen molar-refractivity contribution >= 4 is 33.1 Å². The van der Waals surface area contributed by atoms with Crippen molar-refractivity contribution in [1.29, 1.82) is 5.26 Å². The molecule has 0 amide bonds. The molecule has 0 aliphatic carbocycles. The van der Waals surface area contributed by atoms with Crippen molar-refractivity contribution in [3.8, 4) is 17.3 Å². The fourth-order valence-electron chi connectivity index (χ4n) is 3.61. The van der Waals surface area contributed by atoms with Crippen LogP contribution in [0.5, 0.6) is 0 Å². The summed E-state index contributed by atoms with van der Waals surface area (Å²) in [6.07, 6.45) is 12.0. The van der Waals surface area contributed by atoms with Gasteiger partial charge in [0.15, 0.2) is 5.13 Å². The number of anilines is 2. The van der Waals surface area contributed by atoms with Gasteiger partial charge in [0, 0.05) is 40.8 Å². The molecule has 6 heteroatoms. The van der Waals surface area contributed by atoms with Gasteiger partial charge < -0.3 is 9.73 Å². The van der Waals surface area contributed by atoms with Crippen molar-refractivity contribution in [3.05, 3.63) is 59.4 Å². The van der Waals surface area contributed by atoms with Crippen LogP contribution in [-0.4, -0.2) is 9.97 Å². The number of furan rings is 1. The maximum atomic E-state index is 9.06. The molecule has 0 radical (unpaired) electrons. The number of aryl methyl sites for hydroxylation is 1. The zero-order valence-electron chi connectivity index (χ0n) is 17.7. The number of rotatable bonds is 10. The van der Waals surface area contributed by atoms with Crippen LogP contribution in [0.15, 0.2) is 52.5 Å². The maximum absolute atomic E-state index is 9.06. The van der Waals surface area contributed by atoms with Crippen molar-refractivity contribution in [1.82, 2.24) is 9.97 Å². The molecule has 3 aromatic heterocycles. The molecular formula is C25H26N4OS. The molecule has 1 N–H and O–H groups in total. The summed E-state index contributed by atoms with van der Waals surface area (Å²) in [5, 5.41) is 16.3. The van der Waals surface area contributed by atoms with E-state index in [-0.39, 0.29) is 0 Å². The number of benzene rings is 1. The number of hydrogen-bond acceptors (Lipinski definition) is 6. The molecule has 5 nitrogen and oxygen atoms in total. The first kappa shape index (κ1) is 21.1. The Labute approximate surface area is 186 Å². The second kappa shape index (κ2) is 10.2. The molecule has 0 atom stereocenters. The third-order valence-electron chi connectivity index (χ3n) is 5.26. The molecule has 31 heavy (non-hydrogen) atoms. The zero-order chi connectivity index (χ0) is 21.5. The molecule has 4 aromatic rings. The monoisotopic (exact) mass is 430 g/mol. The van der Waals surface area contributed by atoms with Crippen LogP contribution in [0.25, 0.3) is 22.2 Å². The topological polar surface area (TPSA) is 74.7 Å². The van der Waals surface area contributed by atoms with Crippen molar-refractivity contribution in [3.63, 3.8) is 0 Å². The molecule has 0 saturated heterocycles. The number of nitrogens with one attached hydrogen (secondary N) is 1.